The summed E-state index contributed by atoms with van der Waals surface area (Å²) in [6.07, 6.45) is 2.74. The van der Waals surface area contributed by atoms with Gasteiger partial charge in [-0.2, -0.15) is 0 Å². The molecular formula is C32H26Br2Cl2N2O2S2. The summed E-state index contributed by atoms with van der Waals surface area (Å²) in [6, 6.07) is 20.3. The van der Waals surface area contributed by atoms with Crippen LogP contribution < -0.4 is 0 Å². The summed E-state index contributed by atoms with van der Waals surface area (Å²) in [6.45, 7) is 9.69. The molecule has 2 aliphatic heterocycles. The third-order valence-corrected chi connectivity index (χ3v) is 11.4. The van der Waals surface area contributed by atoms with Gasteiger partial charge in [0.15, 0.2) is 0 Å². The summed E-state index contributed by atoms with van der Waals surface area (Å²) in [4.78, 5) is 30.0. The highest BCUT2D eigenvalue weighted by Gasteiger charge is 2.32. The van der Waals surface area contributed by atoms with E-state index < -0.39 is 0 Å². The van der Waals surface area contributed by atoms with Crippen molar-refractivity contribution < 1.29 is 9.59 Å². The molecule has 0 fully saturated rings. The van der Waals surface area contributed by atoms with Crippen molar-refractivity contribution >= 4 is 89.5 Å². The molecular weight excluding hydrogens is 739 g/mol. The van der Waals surface area contributed by atoms with Crippen molar-refractivity contribution in [1.29, 1.82) is 0 Å². The SMILES string of the molecule is C=CC(=O)N1Cc2sc(Cl)cc2[C@@H](c2ccccc2Br)C1.C=CC(=O)N1Cc2sc(Cl)cc2[C@H](c2ccccc2Br)C1. The van der Waals surface area contributed by atoms with Crippen LogP contribution in [-0.4, -0.2) is 34.7 Å². The molecule has 4 aromatic rings. The van der Waals surface area contributed by atoms with Gasteiger partial charge in [-0.3, -0.25) is 9.59 Å². The van der Waals surface area contributed by atoms with E-state index in [1.165, 1.54) is 34.4 Å². The average molecular weight is 765 g/mol. The lowest BCUT2D eigenvalue weighted by atomic mass is 9.88. The topological polar surface area (TPSA) is 40.6 Å². The van der Waals surface area contributed by atoms with Gasteiger partial charge in [-0.25, -0.2) is 0 Å². The molecule has 4 nitrogen and oxygen atoms in total. The minimum atomic E-state index is -0.0396. The van der Waals surface area contributed by atoms with Crippen molar-refractivity contribution in [2.45, 2.75) is 24.9 Å². The largest absolute Gasteiger partial charge is 0.333 e. The Morgan fingerprint density at radius 2 is 1.10 bits per heavy atom. The number of thiophene rings is 2. The van der Waals surface area contributed by atoms with Gasteiger partial charge < -0.3 is 9.80 Å². The quantitative estimate of drug-likeness (QED) is 0.194. The van der Waals surface area contributed by atoms with Crippen LogP contribution in [0.4, 0.5) is 0 Å². The Labute approximate surface area is 280 Å². The van der Waals surface area contributed by atoms with E-state index in [1.807, 2.05) is 58.3 Å². The number of halogens is 4. The molecule has 0 saturated carbocycles. The molecule has 0 unspecified atom stereocenters. The van der Waals surface area contributed by atoms with Crippen LogP contribution in [-0.2, 0) is 22.7 Å². The molecule has 216 valence electrons. The molecule has 0 N–H and O–H groups in total. The lowest BCUT2D eigenvalue weighted by molar-refractivity contribution is -0.127. The number of carbonyl (C=O) groups excluding carboxylic acids is 2. The highest BCUT2D eigenvalue weighted by Crippen LogP contribution is 2.43. The Bertz CT molecular complexity index is 1550. The number of hydrogen-bond acceptors (Lipinski definition) is 4. The molecule has 2 aromatic carbocycles. The first-order chi connectivity index (χ1) is 20.2. The van der Waals surface area contributed by atoms with Crippen molar-refractivity contribution in [3.8, 4) is 0 Å². The maximum absolute atomic E-state index is 12.0. The predicted octanol–water partition coefficient (Wildman–Crippen LogP) is 9.65. The van der Waals surface area contributed by atoms with E-state index in [1.54, 1.807) is 22.7 Å². The van der Waals surface area contributed by atoms with Gasteiger partial charge >= 0.3 is 0 Å². The normalized spacial score (nSPS) is 17.4. The highest BCUT2D eigenvalue weighted by molar-refractivity contribution is 9.10. The second-order valence-corrected chi connectivity index (χ2v) is 15.1. The maximum Gasteiger partial charge on any atom is 0.246 e. The third kappa shape index (κ3) is 6.64. The maximum atomic E-state index is 12.0. The number of nitrogens with zero attached hydrogens (tertiary/aromatic N) is 2. The molecule has 0 spiro atoms. The van der Waals surface area contributed by atoms with Gasteiger partial charge in [0.2, 0.25) is 11.8 Å². The zero-order chi connectivity index (χ0) is 30.0. The van der Waals surface area contributed by atoms with E-state index in [0.29, 0.717) is 26.2 Å². The summed E-state index contributed by atoms with van der Waals surface area (Å²) in [5, 5.41) is 0. The van der Waals surface area contributed by atoms with E-state index in [4.69, 9.17) is 23.2 Å². The highest BCUT2D eigenvalue weighted by atomic mass is 79.9. The number of carbonyl (C=O) groups is 2. The predicted molar refractivity (Wildman–Crippen MR) is 182 cm³/mol. The minimum Gasteiger partial charge on any atom is -0.333 e. The van der Waals surface area contributed by atoms with E-state index in [2.05, 4.69) is 57.2 Å². The standard InChI is InChI=1S/2C16H13BrClNOS/c2*1-2-16(20)19-8-12(10-5-3-4-6-13(10)17)11-7-15(18)21-14(11)9-19/h2*2-7,12H,1,8-9H2/t2*12-/m10/s1. The molecule has 0 radical (unpaired) electrons. The van der Waals surface area contributed by atoms with Gasteiger partial charge in [-0.15, -0.1) is 22.7 Å². The third-order valence-electron chi connectivity index (χ3n) is 7.38. The molecule has 2 atom stereocenters. The molecule has 0 bridgehead atoms. The van der Waals surface area contributed by atoms with Crippen LogP contribution in [0.25, 0.3) is 0 Å². The van der Waals surface area contributed by atoms with E-state index >= 15 is 0 Å². The minimum absolute atomic E-state index is 0.0396. The van der Waals surface area contributed by atoms with Crippen molar-refractivity contribution in [2.75, 3.05) is 13.1 Å². The van der Waals surface area contributed by atoms with Gasteiger partial charge in [0.25, 0.3) is 0 Å². The Hall–Kier alpha value is -2.20. The first kappa shape index (κ1) is 31.2. The lowest BCUT2D eigenvalue weighted by Gasteiger charge is -2.33. The van der Waals surface area contributed by atoms with E-state index in [9.17, 15) is 9.59 Å². The molecule has 6 rings (SSSR count). The van der Waals surface area contributed by atoms with Gasteiger partial charge in [-0.05, 0) is 58.7 Å². The molecule has 2 aliphatic rings. The summed E-state index contributed by atoms with van der Waals surface area (Å²) in [7, 11) is 0. The van der Waals surface area contributed by atoms with Crippen molar-refractivity contribution in [3.63, 3.8) is 0 Å². The van der Waals surface area contributed by atoms with Crippen LogP contribution in [0, 0.1) is 0 Å². The summed E-state index contributed by atoms with van der Waals surface area (Å²) >= 11 is 22.7. The van der Waals surface area contributed by atoms with Crippen molar-refractivity contribution in [2.24, 2.45) is 0 Å². The zero-order valence-corrected chi connectivity index (χ0v) is 28.7. The summed E-state index contributed by atoms with van der Waals surface area (Å²) < 4.78 is 3.64. The Morgan fingerprint density at radius 1 is 0.714 bits per heavy atom. The number of fused-ring (bicyclic) bond motifs is 2. The lowest BCUT2D eigenvalue weighted by Crippen LogP contribution is -2.37. The van der Waals surface area contributed by atoms with Gasteiger partial charge in [0.1, 0.15) is 0 Å². The molecule has 42 heavy (non-hydrogen) atoms. The van der Waals surface area contributed by atoms with Crippen LogP contribution in [0.1, 0.15) is 43.8 Å². The molecule has 0 saturated heterocycles. The van der Waals surface area contributed by atoms with Crippen molar-refractivity contribution in [3.05, 3.63) is 136 Å². The number of amides is 2. The van der Waals surface area contributed by atoms with Crippen LogP contribution in [0.5, 0.6) is 0 Å². The fourth-order valence-corrected chi connectivity index (χ4v) is 9.25. The summed E-state index contributed by atoms with van der Waals surface area (Å²) in [5.41, 5.74) is 4.81. The van der Waals surface area contributed by atoms with Crippen LogP contribution in [0.3, 0.4) is 0 Å². The Balaban J connectivity index is 0.000000168. The second kappa shape index (κ2) is 13.6. The smallest absolute Gasteiger partial charge is 0.246 e. The Kier molecular flexibility index (Phi) is 10.1. The van der Waals surface area contributed by atoms with E-state index in [-0.39, 0.29) is 23.7 Å². The average Bonchev–Trinajstić information content (AvgIpc) is 3.56. The first-order valence-corrected chi connectivity index (χ1v) is 17.0. The summed E-state index contributed by atoms with van der Waals surface area (Å²) in [5.74, 6) is 0.193. The van der Waals surface area contributed by atoms with E-state index in [0.717, 1.165) is 27.4 Å². The zero-order valence-electron chi connectivity index (χ0n) is 22.4. The second-order valence-electron chi connectivity index (χ2n) is 9.85. The molecule has 0 aliphatic carbocycles. The fourth-order valence-electron chi connectivity index (χ4n) is 5.41. The number of hydrogen-bond donors (Lipinski definition) is 0. The molecule has 2 amide bonds. The monoisotopic (exact) mass is 762 g/mol. The van der Waals surface area contributed by atoms with Crippen LogP contribution in [0.2, 0.25) is 8.67 Å². The van der Waals surface area contributed by atoms with Crippen molar-refractivity contribution in [1.82, 2.24) is 9.80 Å². The van der Waals surface area contributed by atoms with Gasteiger partial charge in [0, 0.05) is 43.6 Å². The van der Waals surface area contributed by atoms with Gasteiger partial charge in [0.05, 0.1) is 21.8 Å². The van der Waals surface area contributed by atoms with Crippen LogP contribution >= 0.6 is 77.7 Å². The Morgan fingerprint density at radius 3 is 1.45 bits per heavy atom. The molecule has 10 heteroatoms. The first-order valence-electron chi connectivity index (χ1n) is 13.1. The number of rotatable bonds is 4. The molecule has 4 heterocycles. The number of benzene rings is 2. The van der Waals surface area contributed by atoms with Gasteiger partial charge in [-0.1, -0.05) is 105 Å². The van der Waals surface area contributed by atoms with Crippen LogP contribution in [0.15, 0.2) is 94.9 Å². The fraction of sp³-hybridized carbons (Fsp3) is 0.188. The molecule has 2 aromatic heterocycles.